The summed E-state index contributed by atoms with van der Waals surface area (Å²) in [4.78, 5) is 12.3. The summed E-state index contributed by atoms with van der Waals surface area (Å²) in [5.74, 6) is 1.37. The number of aromatic amines is 1. The molecule has 0 atom stereocenters. The maximum absolute atomic E-state index is 12.3. The Bertz CT molecular complexity index is 849. The molecule has 3 aromatic rings. The Morgan fingerprint density at radius 1 is 0.955 bits per heavy atom. The number of hydrogen-bond donors (Lipinski definition) is 1. The molecule has 0 aliphatic carbocycles. The van der Waals surface area contributed by atoms with Gasteiger partial charge in [-0.05, 0) is 24.3 Å². The van der Waals surface area contributed by atoms with Crippen molar-refractivity contribution >= 4 is 0 Å². The first-order chi connectivity index (χ1) is 10.7. The zero-order valence-corrected chi connectivity index (χ0v) is 12.4. The van der Waals surface area contributed by atoms with E-state index in [0.717, 1.165) is 17.0 Å². The molecule has 0 bridgehead atoms. The Hall–Kier alpha value is -2.95. The molecule has 112 valence electrons. The van der Waals surface area contributed by atoms with Crippen LogP contribution >= 0.6 is 0 Å². The van der Waals surface area contributed by atoms with E-state index in [1.807, 2.05) is 48.5 Å². The number of methoxy groups -OCH3 is 2. The highest BCUT2D eigenvalue weighted by molar-refractivity contribution is 5.61. The van der Waals surface area contributed by atoms with Gasteiger partial charge in [0.15, 0.2) is 0 Å². The number of nitrogens with one attached hydrogen (secondary N) is 1. The fourth-order valence-corrected chi connectivity index (χ4v) is 2.33. The molecule has 1 N–H and O–H groups in total. The van der Waals surface area contributed by atoms with E-state index in [4.69, 9.17) is 9.47 Å². The Labute approximate surface area is 127 Å². The van der Waals surface area contributed by atoms with Crippen molar-refractivity contribution in [2.45, 2.75) is 0 Å². The van der Waals surface area contributed by atoms with E-state index in [-0.39, 0.29) is 5.56 Å². The Morgan fingerprint density at radius 2 is 1.77 bits per heavy atom. The van der Waals surface area contributed by atoms with Gasteiger partial charge in [-0.3, -0.25) is 9.89 Å². The molecule has 0 saturated carbocycles. The predicted octanol–water partition coefficient (Wildman–Crippen LogP) is 2.85. The molecule has 0 radical (unpaired) electrons. The molecule has 5 heteroatoms. The fraction of sp³-hybridized carbons (Fsp3) is 0.118. The molecular formula is C17H16N2O3. The molecule has 2 aromatic carbocycles. The van der Waals surface area contributed by atoms with Gasteiger partial charge < -0.3 is 9.47 Å². The lowest BCUT2D eigenvalue weighted by Crippen LogP contribution is -2.14. The summed E-state index contributed by atoms with van der Waals surface area (Å²) in [6.45, 7) is 0. The maximum Gasteiger partial charge on any atom is 0.271 e. The molecule has 1 heterocycles. The minimum atomic E-state index is -0.151. The SMILES string of the molecule is COc1cccc(-c2cc(=O)n(-c3ccccc3OC)[nH]2)c1. The molecule has 1 aromatic heterocycles. The quantitative estimate of drug-likeness (QED) is 0.805. The van der Waals surface area contributed by atoms with Gasteiger partial charge in [0, 0.05) is 11.6 Å². The van der Waals surface area contributed by atoms with E-state index in [2.05, 4.69) is 5.10 Å². The molecule has 0 aliphatic heterocycles. The number of ether oxygens (including phenoxy) is 2. The molecule has 0 fully saturated rings. The first-order valence-corrected chi connectivity index (χ1v) is 6.83. The normalized spacial score (nSPS) is 10.5. The van der Waals surface area contributed by atoms with Crippen LogP contribution in [0.5, 0.6) is 11.5 Å². The summed E-state index contributed by atoms with van der Waals surface area (Å²) >= 11 is 0. The predicted molar refractivity (Wildman–Crippen MR) is 84.9 cm³/mol. The van der Waals surface area contributed by atoms with Crippen LogP contribution in [0, 0.1) is 0 Å². The van der Waals surface area contributed by atoms with Gasteiger partial charge in [0.25, 0.3) is 5.56 Å². The summed E-state index contributed by atoms with van der Waals surface area (Å²) in [5, 5.41) is 3.11. The van der Waals surface area contributed by atoms with Crippen molar-refractivity contribution in [3.63, 3.8) is 0 Å². The van der Waals surface area contributed by atoms with Crippen LogP contribution in [-0.2, 0) is 0 Å². The smallest absolute Gasteiger partial charge is 0.271 e. The molecular weight excluding hydrogens is 280 g/mol. The van der Waals surface area contributed by atoms with Gasteiger partial charge in [-0.25, -0.2) is 4.68 Å². The van der Waals surface area contributed by atoms with Crippen LogP contribution in [0.1, 0.15) is 0 Å². The standard InChI is InChI=1S/C17H16N2O3/c1-21-13-7-5-6-12(10-13)14-11-17(20)19(18-14)15-8-3-4-9-16(15)22-2/h3-11,18H,1-2H3. The number of H-pyrrole nitrogens is 1. The maximum atomic E-state index is 12.3. The van der Waals surface area contributed by atoms with Crippen molar-refractivity contribution in [1.29, 1.82) is 0 Å². The second-order valence-corrected chi connectivity index (χ2v) is 4.75. The number of hydrogen-bond acceptors (Lipinski definition) is 3. The largest absolute Gasteiger partial charge is 0.497 e. The highest BCUT2D eigenvalue weighted by Gasteiger charge is 2.11. The van der Waals surface area contributed by atoms with E-state index in [1.165, 1.54) is 4.68 Å². The van der Waals surface area contributed by atoms with E-state index in [1.54, 1.807) is 20.3 Å². The zero-order chi connectivity index (χ0) is 15.5. The number of aromatic nitrogens is 2. The van der Waals surface area contributed by atoms with Crippen molar-refractivity contribution < 1.29 is 9.47 Å². The molecule has 0 saturated heterocycles. The molecule has 0 amide bonds. The van der Waals surface area contributed by atoms with Gasteiger partial charge in [-0.15, -0.1) is 0 Å². The highest BCUT2D eigenvalue weighted by Crippen LogP contribution is 2.24. The van der Waals surface area contributed by atoms with E-state index in [9.17, 15) is 4.79 Å². The summed E-state index contributed by atoms with van der Waals surface area (Å²) in [5.41, 5.74) is 2.12. The lowest BCUT2D eigenvalue weighted by Gasteiger charge is -2.08. The first kappa shape index (κ1) is 14.0. The van der Waals surface area contributed by atoms with Gasteiger partial charge in [0.1, 0.15) is 17.2 Å². The van der Waals surface area contributed by atoms with E-state index < -0.39 is 0 Å². The van der Waals surface area contributed by atoms with Crippen LogP contribution in [0.3, 0.4) is 0 Å². The van der Waals surface area contributed by atoms with Crippen LogP contribution in [0.2, 0.25) is 0 Å². The number of nitrogens with zero attached hydrogens (tertiary/aromatic N) is 1. The summed E-state index contributed by atoms with van der Waals surface area (Å²) in [7, 11) is 3.19. The van der Waals surface area contributed by atoms with Crippen LogP contribution in [0.25, 0.3) is 16.9 Å². The van der Waals surface area contributed by atoms with Crippen LogP contribution < -0.4 is 15.0 Å². The zero-order valence-electron chi connectivity index (χ0n) is 12.4. The van der Waals surface area contributed by atoms with Crippen molar-refractivity contribution in [2.24, 2.45) is 0 Å². The van der Waals surface area contributed by atoms with Gasteiger partial charge in [-0.2, -0.15) is 0 Å². The summed E-state index contributed by atoms with van der Waals surface area (Å²) < 4.78 is 12.0. The number of para-hydroxylation sites is 2. The molecule has 3 rings (SSSR count). The monoisotopic (exact) mass is 296 g/mol. The van der Waals surface area contributed by atoms with Crippen molar-refractivity contribution in [3.8, 4) is 28.4 Å². The molecule has 22 heavy (non-hydrogen) atoms. The minimum Gasteiger partial charge on any atom is -0.497 e. The first-order valence-electron chi connectivity index (χ1n) is 6.83. The van der Waals surface area contributed by atoms with Crippen molar-refractivity contribution in [2.75, 3.05) is 14.2 Å². The third-order valence-electron chi connectivity index (χ3n) is 3.43. The van der Waals surface area contributed by atoms with Gasteiger partial charge >= 0.3 is 0 Å². The van der Waals surface area contributed by atoms with Gasteiger partial charge in [0.05, 0.1) is 19.9 Å². The van der Waals surface area contributed by atoms with Gasteiger partial charge in [0.2, 0.25) is 0 Å². The van der Waals surface area contributed by atoms with Crippen LogP contribution in [-0.4, -0.2) is 24.0 Å². The van der Waals surface area contributed by atoms with Crippen LogP contribution in [0.4, 0.5) is 0 Å². The average Bonchev–Trinajstić information content (AvgIpc) is 2.96. The Kier molecular flexibility index (Phi) is 3.70. The number of benzene rings is 2. The third-order valence-corrected chi connectivity index (χ3v) is 3.43. The lowest BCUT2D eigenvalue weighted by molar-refractivity contribution is 0.411. The fourth-order valence-electron chi connectivity index (χ4n) is 2.33. The molecule has 0 aliphatic rings. The van der Waals surface area contributed by atoms with Gasteiger partial charge in [-0.1, -0.05) is 24.3 Å². The lowest BCUT2D eigenvalue weighted by atomic mass is 10.1. The van der Waals surface area contributed by atoms with Crippen LogP contribution in [0.15, 0.2) is 59.4 Å². The Morgan fingerprint density at radius 3 is 2.55 bits per heavy atom. The second kappa shape index (κ2) is 5.81. The second-order valence-electron chi connectivity index (χ2n) is 4.75. The third kappa shape index (κ3) is 2.48. The van der Waals surface area contributed by atoms with Crippen molar-refractivity contribution in [3.05, 3.63) is 65.0 Å². The summed E-state index contributed by atoms with van der Waals surface area (Å²) in [6.07, 6.45) is 0. The summed E-state index contributed by atoms with van der Waals surface area (Å²) in [6, 6.07) is 16.4. The average molecular weight is 296 g/mol. The van der Waals surface area contributed by atoms with E-state index >= 15 is 0 Å². The highest BCUT2D eigenvalue weighted by atomic mass is 16.5. The minimum absolute atomic E-state index is 0.151. The van der Waals surface area contributed by atoms with Crippen molar-refractivity contribution in [1.82, 2.24) is 9.78 Å². The molecule has 5 nitrogen and oxygen atoms in total. The Balaban J connectivity index is 2.09. The number of rotatable bonds is 4. The topological polar surface area (TPSA) is 56.2 Å². The molecule has 0 spiro atoms. The van der Waals surface area contributed by atoms with E-state index in [0.29, 0.717) is 11.4 Å². The molecule has 0 unspecified atom stereocenters.